The van der Waals surface area contributed by atoms with E-state index in [1.165, 1.54) is 0 Å². The number of fused-ring (bicyclic) bond motifs is 1. The van der Waals surface area contributed by atoms with Gasteiger partial charge in [0.05, 0.1) is 32.4 Å². The van der Waals surface area contributed by atoms with E-state index in [4.69, 9.17) is 14.7 Å². The summed E-state index contributed by atoms with van der Waals surface area (Å²) in [5, 5.41) is 17.8. The van der Waals surface area contributed by atoms with E-state index in [9.17, 15) is 0 Å². The Labute approximate surface area is 127 Å². The Balaban J connectivity index is 1.96. The largest absolute Gasteiger partial charge is 0.493 e. The van der Waals surface area contributed by atoms with Crippen molar-refractivity contribution in [3.8, 4) is 17.6 Å². The first kappa shape index (κ1) is 13.9. The molecule has 0 N–H and O–H groups in total. The highest BCUT2D eigenvalue weighted by atomic mass is 16.5. The number of benzene rings is 2. The van der Waals surface area contributed by atoms with E-state index in [0.717, 1.165) is 16.6 Å². The van der Waals surface area contributed by atoms with Gasteiger partial charge >= 0.3 is 0 Å². The minimum atomic E-state index is 0.495. The minimum absolute atomic E-state index is 0.495. The summed E-state index contributed by atoms with van der Waals surface area (Å²) in [4.78, 5) is 1.60. The first-order chi connectivity index (χ1) is 10.7. The zero-order valence-corrected chi connectivity index (χ0v) is 12.3. The maximum Gasteiger partial charge on any atom is 0.163 e. The van der Waals surface area contributed by atoms with Crippen LogP contribution in [0.4, 0.5) is 0 Å². The van der Waals surface area contributed by atoms with Gasteiger partial charge in [-0.15, -0.1) is 0 Å². The van der Waals surface area contributed by atoms with E-state index < -0.39 is 0 Å². The zero-order valence-electron chi connectivity index (χ0n) is 12.3. The lowest BCUT2D eigenvalue weighted by molar-refractivity contribution is 0.356. The van der Waals surface area contributed by atoms with E-state index in [2.05, 4.69) is 16.3 Å². The Morgan fingerprint density at radius 1 is 1.05 bits per heavy atom. The summed E-state index contributed by atoms with van der Waals surface area (Å²) in [5.41, 5.74) is 3.05. The first-order valence-electron chi connectivity index (χ1n) is 6.69. The number of hydrogen-bond acceptors (Lipinski definition) is 5. The van der Waals surface area contributed by atoms with Gasteiger partial charge in [0.2, 0.25) is 0 Å². The molecule has 0 saturated carbocycles. The number of rotatable bonds is 4. The first-order valence-corrected chi connectivity index (χ1v) is 6.69. The fourth-order valence-electron chi connectivity index (χ4n) is 2.26. The molecule has 3 aromatic rings. The summed E-state index contributed by atoms with van der Waals surface area (Å²) in [6.07, 6.45) is 0. The van der Waals surface area contributed by atoms with Crippen molar-refractivity contribution >= 4 is 11.0 Å². The Morgan fingerprint density at radius 2 is 1.68 bits per heavy atom. The molecule has 0 aliphatic carbocycles. The third-order valence-electron chi connectivity index (χ3n) is 3.31. The minimum Gasteiger partial charge on any atom is -0.493 e. The molecular formula is C16H14N4O2. The van der Waals surface area contributed by atoms with Crippen LogP contribution in [-0.2, 0) is 6.54 Å². The van der Waals surface area contributed by atoms with E-state index in [1.807, 2.05) is 18.2 Å². The van der Waals surface area contributed by atoms with Crippen molar-refractivity contribution in [3.63, 3.8) is 0 Å². The monoisotopic (exact) mass is 294 g/mol. The lowest BCUT2D eigenvalue weighted by Crippen LogP contribution is -2.03. The van der Waals surface area contributed by atoms with Gasteiger partial charge in [0, 0.05) is 12.1 Å². The molecular weight excluding hydrogens is 280 g/mol. The van der Waals surface area contributed by atoms with Crippen molar-refractivity contribution in [2.45, 2.75) is 6.54 Å². The normalized spacial score (nSPS) is 10.4. The van der Waals surface area contributed by atoms with Gasteiger partial charge in [-0.2, -0.15) is 20.3 Å². The second-order valence-corrected chi connectivity index (χ2v) is 4.74. The van der Waals surface area contributed by atoms with Crippen LogP contribution >= 0.6 is 0 Å². The predicted molar refractivity (Wildman–Crippen MR) is 80.9 cm³/mol. The van der Waals surface area contributed by atoms with Crippen molar-refractivity contribution in [2.24, 2.45) is 0 Å². The standard InChI is InChI=1S/C16H14N4O2/c1-21-15-7-13-14(8-16(15)22-2)19-20(18-13)10-12-5-3-4-11(6-12)9-17/h3-8H,10H2,1-2H3. The van der Waals surface area contributed by atoms with Crippen molar-refractivity contribution in [2.75, 3.05) is 14.2 Å². The summed E-state index contributed by atoms with van der Waals surface area (Å²) >= 11 is 0. The van der Waals surface area contributed by atoms with Crippen LogP contribution in [0, 0.1) is 11.3 Å². The van der Waals surface area contributed by atoms with E-state index in [0.29, 0.717) is 23.6 Å². The molecule has 0 atom stereocenters. The van der Waals surface area contributed by atoms with Gasteiger partial charge in [0.25, 0.3) is 0 Å². The van der Waals surface area contributed by atoms with Crippen LogP contribution in [0.2, 0.25) is 0 Å². The maximum absolute atomic E-state index is 8.94. The second-order valence-electron chi connectivity index (χ2n) is 4.74. The lowest BCUT2D eigenvalue weighted by Gasteiger charge is -2.05. The van der Waals surface area contributed by atoms with Crippen LogP contribution in [0.5, 0.6) is 11.5 Å². The number of ether oxygens (including phenoxy) is 2. The van der Waals surface area contributed by atoms with Gasteiger partial charge in [-0.05, 0) is 17.7 Å². The molecule has 0 fully saturated rings. The highest BCUT2D eigenvalue weighted by molar-refractivity contribution is 5.78. The van der Waals surface area contributed by atoms with Gasteiger partial charge in [0.1, 0.15) is 11.0 Å². The van der Waals surface area contributed by atoms with Crippen LogP contribution < -0.4 is 9.47 Å². The fourth-order valence-corrected chi connectivity index (χ4v) is 2.26. The van der Waals surface area contributed by atoms with Gasteiger partial charge in [-0.3, -0.25) is 0 Å². The number of aromatic nitrogens is 3. The van der Waals surface area contributed by atoms with Crippen molar-refractivity contribution in [1.82, 2.24) is 15.0 Å². The van der Waals surface area contributed by atoms with Gasteiger partial charge < -0.3 is 9.47 Å². The molecule has 1 heterocycles. The highest BCUT2D eigenvalue weighted by Gasteiger charge is 2.10. The molecule has 2 aromatic carbocycles. The lowest BCUT2D eigenvalue weighted by atomic mass is 10.1. The van der Waals surface area contributed by atoms with Crippen molar-refractivity contribution < 1.29 is 9.47 Å². The van der Waals surface area contributed by atoms with Gasteiger partial charge in [-0.1, -0.05) is 12.1 Å². The van der Waals surface area contributed by atoms with Crippen molar-refractivity contribution in [3.05, 3.63) is 47.5 Å². The molecule has 0 bridgehead atoms. The maximum atomic E-state index is 8.94. The third kappa shape index (κ3) is 2.56. The molecule has 110 valence electrons. The molecule has 3 rings (SSSR count). The number of hydrogen-bond donors (Lipinski definition) is 0. The second kappa shape index (κ2) is 5.74. The Bertz CT molecular complexity index is 823. The van der Waals surface area contributed by atoms with Crippen LogP contribution in [0.15, 0.2) is 36.4 Å². The molecule has 0 unspecified atom stereocenters. The summed E-state index contributed by atoms with van der Waals surface area (Å²) in [5.74, 6) is 1.24. The molecule has 0 radical (unpaired) electrons. The molecule has 22 heavy (non-hydrogen) atoms. The van der Waals surface area contributed by atoms with E-state index in [1.54, 1.807) is 37.2 Å². The van der Waals surface area contributed by atoms with Crippen LogP contribution in [0.3, 0.4) is 0 Å². The molecule has 0 aliphatic heterocycles. The van der Waals surface area contributed by atoms with Crippen molar-refractivity contribution in [1.29, 1.82) is 5.26 Å². The SMILES string of the molecule is COc1cc2nn(Cc3cccc(C#N)c3)nc2cc1OC. The van der Waals surface area contributed by atoms with Crippen LogP contribution in [0.1, 0.15) is 11.1 Å². The van der Waals surface area contributed by atoms with E-state index in [-0.39, 0.29) is 0 Å². The van der Waals surface area contributed by atoms with Gasteiger partial charge in [-0.25, -0.2) is 0 Å². The topological polar surface area (TPSA) is 73.0 Å². The molecule has 0 aliphatic rings. The summed E-state index contributed by atoms with van der Waals surface area (Å²) < 4.78 is 10.5. The average Bonchev–Trinajstić information content (AvgIpc) is 2.94. The molecule has 1 aromatic heterocycles. The van der Waals surface area contributed by atoms with Gasteiger partial charge in [0.15, 0.2) is 11.5 Å². The molecule has 0 amide bonds. The Hall–Kier alpha value is -3.07. The molecule has 6 nitrogen and oxygen atoms in total. The number of nitrogens with zero attached hydrogens (tertiary/aromatic N) is 4. The predicted octanol–water partition coefficient (Wildman–Crippen LogP) is 2.37. The zero-order chi connectivity index (χ0) is 15.5. The Kier molecular flexibility index (Phi) is 3.62. The fraction of sp³-hybridized carbons (Fsp3) is 0.188. The molecule has 0 saturated heterocycles. The van der Waals surface area contributed by atoms with Crippen LogP contribution in [0.25, 0.3) is 11.0 Å². The summed E-state index contributed by atoms with van der Waals surface area (Å²) in [6, 6.07) is 13.1. The third-order valence-corrected chi connectivity index (χ3v) is 3.31. The average molecular weight is 294 g/mol. The quantitative estimate of drug-likeness (QED) is 0.738. The van der Waals surface area contributed by atoms with E-state index >= 15 is 0 Å². The summed E-state index contributed by atoms with van der Waals surface area (Å²) in [7, 11) is 3.17. The Morgan fingerprint density at radius 3 is 2.23 bits per heavy atom. The number of nitriles is 1. The highest BCUT2D eigenvalue weighted by Crippen LogP contribution is 2.30. The number of methoxy groups -OCH3 is 2. The van der Waals surface area contributed by atoms with Crippen LogP contribution in [-0.4, -0.2) is 29.2 Å². The summed E-state index contributed by atoms with van der Waals surface area (Å²) in [6.45, 7) is 0.495. The smallest absolute Gasteiger partial charge is 0.163 e. The molecule has 0 spiro atoms. The molecule has 6 heteroatoms.